The van der Waals surface area contributed by atoms with Crippen molar-refractivity contribution in [1.29, 1.82) is 0 Å². The van der Waals surface area contributed by atoms with Crippen LogP contribution < -0.4 is 11.1 Å². The molecule has 78 valence electrons. The molecule has 0 fully saturated rings. The minimum atomic E-state index is -0.0504. The predicted molar refractivity (Wildman–Crippen MR) is 60.8 cm³/mol. The van der Waals surface area contributed by atoms with Crippen molar-refractivity contribution < 1.29 is 4.79 Å². The number of carbonyl (C=O) groups is 1. The third-order valence-electron chi connectivity index (χ3n) is 1.87. The molecule has 0 heterocycles. The highest BCUT2D eigenvalue weighted by molar-refractivity contribution is 5.94. The van der Waals surface area contributed by atoms with E-state index in [1.807, 2.05) is 13.8 Å². The molecule has 1 amide bonds. The summed E-state index contributed by atoms with van der Waals surface area (Å²) in [7, 11) is 0. The molecule has 0 bridgehead atoms. The van der Waals surface area contributed by atoms with Gasteiger partial charge in [0, 0.05) is 17.8 Å². The second-order valence-corrected chi connectivity index (χ2v) is 2.93. The molecule has 1 aromatic carbocycles. The van der Waals surface area contributed by atoms with Crippen LogP contribution in [0, 0.1) is 6.92 Å². The molecule has 0 atom stereocenters. The smallest absolute Gasteiger partial charge is 0.251 e. The molecule has 0 aliphatic rings. The molecule has 0 aromatic heterocycles. The van der Waals surface area contributed by atoms with Crippen LogP contribution in [0.15, 0.2) is 18.2 Å². The van der Waals surface area contributed by atoms with E-state index < -0.39 is 0 Å². The first kappa shape index (κ1) is 12.8. The first-order valence-corrected chi connectivity index (χ1v) is 4.29. The van der Waals surface area contributed by atoms with E-state index in [-0.39, 0.29) is 18.3 Å². The lowest BCUT2D eigenvalue weighted by molar-refractivity contribution is 0.0956. The Labute approximate surface area is 90.1 Å². The van der Waals surface area contributed by atoms with E-state index in [0.29, 0.717) is 17.8 Å². The van der Waals surface area contributed by atoms with Gasteiger partial charge in [0.1, 0.15) is 0 Å². The number of nitrogen functional groups attached to an aromatic ring is 1. The first-order valence-electron chi connectivity index (χ1n) is 4.29. The van der Waals surface area contributed by atoms with E-state index in [1.54, 1.807) is 18.2 Å². The maximum Gasteiger partial charge on any atom is 0.251 e. The van der Waals surface area contributed by atoms with E-state index in [9.17, 15) is 4.79 Å². The van der Waals surface area contributed by atoms with Gasteiger partial charge in [-0.2, -0.15) is 0 Å². The van der Waals surface area contributed by atoms with Crippen LogP contribution in [0.3, 0.4) is 0 Å². The lowest BCUT2D eigenvalue weighted by atomic mass is 10.1. The van der Waals surface area contributed by atoms with Gasteiger partial charge in [0.05, 0.1) is 0 Å². The Morgan fingerprint density at radius 1 is 1.50 bits per heavy atom. The number of hydrogen-bond acceptors (Lipinski definition) is 2. The summed E-state index contributed by atoms with van der Waals surface area (Å²) < 4.78 is 0. The first-order chi connectivity index (χ1) is 6.15. The number of halogens is 1. The molecule has 14 heavy (non-hydrogen) atoms. The number of anilines is 1. The Hall–Kier alpha value is -1.22. The van der Waals surface area contributed by atoms with Crippen molar-refractivity contribution in [1.82, 2.24) is 5.32 Å². The van der Waals surface area contributed by atoms with E-state index in [4.69, 9.17) is 5.73 Å². The fourth-order valence-corrected chi connectivity index (χ4v) is 1.08. The Morgan fingerprint density at radius 3 is 2.64 bits per heavy atom. The quantitative estimate of drug-likeness (QED) is 0.737. The monoisotopic (exact) mass is 214 g/mol. The number of nitrogens with two attached hydrogens (primary N) is 1. The van der Waals surface area contributed by atoms with E-state index in [1.165, 1.54) is 0 Å². The molecule has 0 saturated heterocycles. The maximum absolute atomic E-state index is 11.4. The van der Waals surface area contributed by atoms with Gasteiger partial charge >= 0.3 is 0 Å². The van der Waals surface area contributed by atoms with E-state index in [0.717, 1.165) is 5.56 Å². The van der Waals surface area contributed by atoms with Crippen molar-refractivity contribution in [3.63, 3.8) is 0 Å². The second-order valence-electron chi connectivity index (χ2n) is 2.93. The van der Waals surface area contributed by atoms with Crippen molar-refractivity contribution in [3.8, 4) is 0 Å². The topological polar surface area (TPSA) is 55.1 Å². The summed E-state index contributed by atoms with van der Waals surface area (Å²) >= 11 is 0. The molecule has 0 aliphatic heterocycles. The van der Waals surface area contributed by atoms with Crippen LogP contribution in [0.1, 0.15) is 22.8 Å². The SMILES string of the molecule is CCNC(=O)c1ccc(N)c(C)c1.Cl. The number of carbonyl (C=O) groups excluding carboxylic acids is 1. The Kier molecular flexibility index (Phi) is 5.02. The third kappa shape index (κ3) is 2.92. The normalized spacial score (nSPS) is 9.00. The van der Waals surface area contributed by atoms with E-state index in [2.05, 4.69) is 5.32 Å². The van der Waals surface area contributed by atoms with Gasteiger partial charge in [-0.3, -0.25) is 4.79 Å². The van der Waals surface area contributed by atoms with Crippen LogP contribution in [-0.4, -0.2) is 12.5 Å². The Morgan fingerprint density at radius 2 is 2.14 bits per heavy atom. The lowest BCUT2D eigenvalue weighted by Crippen LogP contribution is -2.22. The number of benzene rings is 1. The van der Waals surface area contributed by atoms with Crippen molar-refractivity contribution >= 4 is 24.0 Å². The van der Waals surface area contributed by atoms with Gasteiger partial charge in [0.15, 0.2) is 0 Å². The predicted octanol–water partition coefficient (Wildman–Crippen LogP) is 1.75. The highest BCUT2D eigenvalue weighted by Crippen LogP contribution is 2.12. The van der Waals surface area contributed by atoms with Crippen LogP contribution >= 0.6 is 12.4 Å². The fourth-order valence-electron chi connectivity index (χ4n) is 1.08. The summed E-state index contributed by atoms with van der Waals surface area (Å²) in [6.07, 6.45) is 0. The number of hydrogen-bond donors (Lipinski definition) is 2. The van der Waals surface area contributed by atoms with Crippen LogP contribution in [0.4, 0.5) is 5.69 Å². The van der Waals surface area contributed by atoms with Gasteiger partial charge in [0.2, 0.25) is 0 Å². The minimum Gasteiger partial charge on any atom is -0.399 e. The zero-order valence-corrected chi connectivity index (χ0v) is 9.15. The molecule has 0 unspecified atom stereocenters. The fraction of sp³-hybridized carbons (Fsp3) is 0.300. The Balaban J connectivity index is 0.00000169. The summed E-state index contributed by atoms with van der Waals surface area (Å²) in [4.78, 5) is 11.4. The maximum atomic E-state index is 11.4. The van der Waals surface area contributed by atoms with Crippen molar-refractivity contribution in [2.75, 3.05) is 12.3 Å². The molecule has 0 aliphatic carbocycles. The minimum absolute atomic E-state index is 0. The van der Waals surface area contributed by atoms with Gasteiger partial charge in [-0.25, -0.2) is 0 Å². The number of nitrogens with one attached hydrogen (secondary N) is 1. The summed E-state index contributed by atoms with van der Waals surface area (Å²) in [5.41, 5.74) is 7.94. The lowest BCUT2D eigenvalue weighted by Gasteiger charge is -2.04. The summed E-state index contributed by atoms with van der Waals surface area (Å²) in [5, 5.41) is 2.73. The molecule has 3 nitrogen and oxygen atoms in total. The summed E-state index contributed by atoms with van der Waals surface area (Å²) in [6.45, 7) is 4.42. The molecule has 4 heteroatoms. The van der Waals surface area contributed by atoms with Crippen LogP contribution in [-0.2, 0) is 0 Å². The van der Waals surface area contributed by atoms with Gasteiger partial charge in [0.25, 0.3) is 5.91 Å². The average Bonchev–Trinajstić information content (AvgIpc) is 2.10. The molecular weight excluding hydrogens is 200 g/mol. The Bertz CT molecular complexity index is 326. The van der Waals surface area contributed by atoms with E-state index >= 15 is 0 Å². The molecule has 1 rings (SSSR count). The average molecular weight is 215 g/mol. The molecule has 0 spiro atoms. The van der Waals surface area contributed by atoms with Crippen LogP contribution in [0.5, 0.6) is 0 Å². The molecule has 0 saturated carbocycles. The molecule has 1 aromatic rings. The van der Waals surface area contributed by atoms with Gasteiger partial charge < -0.3 is 11.1 Å². The van der Waals surface area contributed by atoms with Gasteiger partial charge in [-0.05, 0) is 37.6 Å². The molecular formula is C10H15ClN2O. The second kappa shape index (κ2) is 5.50. The van der Waals surface area contributed by atoms with Crippen molar-refractivity contribution in [2.24, 2.45) is 0 Å². The number of aryl methyl sites for hydroxylation is 1. The molecule has 3 N–H and O–H groups in total. The zero-order valence-electron chi connectivity index (χ0n) is 8.33. The highest BCUT2D eigenvalue weighted by Gasteiger charge is 2.04. The molecule has 0 radical (unpaired) electrons. The van der Waals surface area contributed by atoms with Crippen LogP contribution in [0.25, 0.3) is 0 Å². The number of amides is 1. The van der Waals surface area contributed by atoms with Crippen molar-refractivity contribution in [3.05, 3.63) is 29.3 Å². The standard InChI is InChI=1S/C10H14N2O.ClH/c1-3-12-10(13)8-4-5-9(11)7(2)6-8;/h4-6H,3,11H2,1-2H3,(H,12,13);1H. The largest absolute Gasteiger partial charge is 0.399 e. The van der Waals surface area contributed by atoms with Crippen LogP contribution in [0.2, 0.25) is 0 Å². The van der Waals surface area contributed by atoms with Gasteiger partial charge in [-0.15, -0.1) is 12.4 Å². The van der Waals surface area contributed by atoms with Gasteiger partial charge in [-0.1, -0.05) is 0 Å². The van der Waals surface area contributed by atoms with Crippen molar-refractivity contribution in [2.45, 2.75) is 13.8 Å². The summed E-state index contributed by atoms with van der Waals surface area (Å²) in [5.74, 6) is -0.0504. The zero-order chi connectivity index (χ0) is 9.84. The highest BCUT2D eigenvalue weighted by atomic mass is 35.5. The number of rotatable bonds is 2. The summed E-state index contributed by atoms with van der Waals surface area (Å²) in [6, 6.07) is 5.27. The third-order valence-corrected chi connectivity index (χ3v) is 1.87.